The molecular weight excluding hydrogens is 260 g/mol. The molecule has 4 nitrogen and oxygen atoms in total. The minimum absolute atomic E-state index is 0.808. The van der Waals surface area contributed by atoms with Gasteiger partial charge in [-0.2, -0.15) is 0 Å². The van der Waals surface area contributed by atoms with Crippen LogP contribution in [-0.2, 0) is 6.42 Å². The number of nitrogens with zero attached hydrogens (tertiary/aromatic N) is 2. The summed E-state index contributed by atoms with van der Waals surface area (Å²) in [6.45, 7) is 0. The number of pyridine rings is 1. The number of imidazole rings is 1. The van der Waals surface area contributed by atoms with Crippen LogP contribution < -0.4 is 0 Å². The van der Waals surface area contributed by atoms with Gasteiger partial charge in [0.25, 0.3) is 0 Å². The Labute approximate surface area is 121 Å². The summed E-state index contributed by atoms with van der Waals surface area (Å²) in [5.41, 5.74) is 4.28. The van der Waals surface area contributed by atoms with E-state index < -0.39 is 0 Å². The lowest BCUT2D eigenvalue weighted by Gasteiger charge is -2.00. The Balaban J connectivity index is 1.70. The molecule has 2 N–H and O–H groups in total. The second kappa shape index (κ2) is 4.90. The molecule has 1 aromatic carbocycles. The van der Waals surface area contributed by atoms with E-state index in [0.29, 0.717) is 0 Å². The summed E-state index contributed by atoms with van der Waals surface area (Å²) in [6.07, 6.45) is 6.41. The molecule has 0 aliphatic heterocycles. The van der Waals surface area contributed by atoms with Crippen LogP contribution in [0.4, 0.5) is 0 Å². The zero-order chi connectivity index (χ0) is 14.1. The molecule has 0 amide bonds. The SMILES string of the molecule is c1ccc(Cc2ncc(-c3ccnc4[nH]ccc34)[nH]2)cc1. The topological polar surface area (TPSA) is 57.4 Å². The van der Waals surface area contributed by atoms with Crippen LogP contribution in [0.25, 0.3) is 22.3 Å². The standard InChI is InChI=1S/C17H14N4/c1-2-4-12(5-3-1)10-16-20-11-15(21-16)13-6-8-18-17-14(13)7-9-19-17/h1-9,11H,10H2,(H,18,19)(H,20,21). The van der Waals surface area contributed by atoms with Gasteiger partial charge in [-0.1, -0.05) is 30.3 Å². The summed E-state index contributed by atoms with van der Waals surface area (Å²) in [5, 5.41) is 1.10. The Morgan fingerprint density at radius 3 is 2.76 bits per heavy atom. The molecule has 3 heterocycles. The third-order valence-electron chi connectivity index (χ3n) is 3.59. The van der Waals surface area contributed by atoms with Crippen molar-refractivity contribution in [2.24, 2.45) is 0 Å². The van der Waals surface area contributed by atoms with Crippen molar-refractivity contribution in [1.82, 2.24) is 19.9 Å². The third-order valence-corrected chi connectivity index (χ3v) is 3.59. The average Bonchev–Trinajstić information content (AvgIpc) is 3.16. The molecule has 0 unspecified atom stereocenters. The highest BCUT2D eigenvalue weighted by Gasteiger charge is 2.08. The predicted octanol–water partition coefficient (Wildman–Crippen LogP) is 3.54. The maximum Gasteiger partial charge on any atom is 0.137 e. The number of H-pyrrole nitrogens is 2. The smallest absolute Gasteiger partial charge is 0.137 e. The van der Waals surface area contributed by atoms with Crippen LogP contribution in [0.1, 0.15) is 11.4 Å². The van der Waals surface area contributed by atoms with E-state index >= 15 is 0 Å². The molecule has 0 atom stereocenters. The molecule has 0 saturated heterocycles. The number of hydrogen-bond acceptors (Lipinski definition) is 2. The Morgan fingerprint density at radius 2 is 1.86 bits per heavy atom. The van der Waals surface area contributed by atoms with E-state index in [4.69, 9.17) is 0 Å². The van der Waals surface area contributed by atoms with Crippen LogP contribution in [0.3, 0.4) is 0 Å². The highest BCUT2D eigenvalue weighted by molar-refractivity contribution is 5.91. The van der Waals surface area contributed by atoms with Crippen LogP contribution >= 0.6 is 0 Å². The molecule has 0 saturated carbocycles. The van der Waals surface area contributed by atoms with Gasteiger partial charge in [0, 0.05) is 29.8 Å². The second-order valence-electron chi connectivity index (χ2n) is 5.00. The summed E-state index contributed by atoms with van der Waals surface area (Å²) < 4.78 is 0. The number of aromatic nitrogens is 4. The minimum Gasteiger partial charge on any atom is -0.346 e. The van der Waals surface area contributed by atoms with E-state index in [9.17, 15) is 0 Å². The highest BCUT2D eigenvalue weighted by atomic mass is 14.9. The van der Waals surface area contributed by atoms with Crippen LogP contribution in [-0.4, -0.2) is 19.9 Å². The van der Waals surface area contributed by atoms with Crippen molar-refractivity contribution in [2.75, 3.05) is 0 Å². The van der Waals surface area contributed by atoms with Crippen molar-refractivity contribution >= 4 is 11.0 Å². The van der Waals surface area contributed by atoms with Crippen LogP contribution in [0.2, 0.25) is 0 Å². The molecule has 0 radical (unpaired) electrons. The van der Waals surface area contributed by atoms with E-state index in [1.807, 2.05) is 48.9 Å². The molecule has 0 aliphatic rings. The fourth-order valence-electron chi connectivity index (χ4n) is 2.57. The first kappa shape index (κ1) is 11.9. The number of benzene rings is 1. The number of aromatic amines is 2. The first-order valence-corrected chi connectivity index (χ1v) is 6.90. The molecule has 0 fully saturated rings. The highest BCUT2D eigenvalue weighted by Crippen LogP contribution is 2.25. The average molecular weight is 274 g/mol. The first-order chi connectivity index (χ1) is 10.4. The van der Waals surface area contributed by atoms with Crippen molar-refractivity contribution in [2.45, 2.75) is 6.42 Å². The predicted molar refractivity (Wildman–Crippen MR) is 82.9 cm³/mol. The molecule has 0 spiro atoms. The summed E-state index contributed by atoms with van der Waals surface area (Å²) in [7, 11) is 0. The van der Waals surface area contributed by atoms with Crippen LogP contribution in [0.5, 0.6) is 0 Å². The molecule has 4 aromatic rings. The molecule has 0 aliphatic carbocycles. The fraction of sp³-hybridized carbons (Fsp3) is 0.0588. The lowest BCUT2D eigenvalue weighted by molar-refractivity contribution is 1.03. The lowest BCUT2D eigenvalue weighted by Crippen LogP contribution is -1.90. The molecule has 4 heteroatoms. The van der Waals surface area contributed by atoms with Crippen LogP contribution in [0, 0.1) is 0 Å². The zero-order valence-electron chi connectivity index (χ0n) is 11.4. The van der Waals surface area contributed by atoms with Gasteiger partial charge in [-0.05, 0) is 17.7 Å². The van der Waals surface area contributed by atoms with Crippen molar-refractivity contribution in [3.8, 4) is 11.3 Å². The molecular formula is C17H14N4. The van der Waals surface area contributed by atoms with Gasteiger partial charge in [-0.3, -0.25) is 0 Å². The summed E-state index contributed by atoms with van der Waals surface area (Å²) in [5.74, 6) is 0.969. The van der Waals surface area contributed by atoms with Crippen molar-refractivity contribution < 1.29 is 0 Å². The van der Waals surface area contributed by atoms with Crippen LogP contribution in [0.15, 0.2) is 61.1 Å². The maximum absolute atomic E-state index is 4.49. The zero-order valence-corrected chi connectivity index (χ0v) is 11.4. The van der Waals surface area contributed by atoms with E-state index in [1.165, 1.54) is 5.56 Å². The third kappa shape index (κ3) is 2.21. The van der Waals surface area contributed by atoms with E-state index in [-0.39, 0.29) is 0 Å². The maximum atomic E-state index is 4.49. The lowest BCUT2D eigenvalue weighted by atomic mass is 10.1. The van der Waals surface area contributed by atoms with E-state index in [2.05, 4.69) is 32.1 Å². The summed E-state index contributed by atoms with van der Waals surface area (Å²) in [4.78, 5) is 15.3. The normalized spacial score (nSPS) is 11.0. The second-order valence-corrected chi connectivity index (χ2v) is 5.00. The van der Waals surface area contributed by atoms with Gasteiger partial charge in [0.1, 0.15) is 11.5 Å². The Morgan fingerprint density at radius 1 is 0.952 bits per heavy atom. The molecule has 3 aromatic heterocycles. The van der Waals surface area contributed by atoms with Crippen molar-refractivity contribution in [3.63, 3.8) is 0 Å². The Hall–Kier alpha value is -2.88. The van der Waals surface area contributed by atoms with Gasteiger partial charge in [-0.25, -0.2) is 9.97 Å². The molecule has 4 rings (SSSR count). The quantitative estimate of drug-likeness (QED) is 0.600. The van der Waals surface area contributed by atoms with E-state index in [1.54, 1.807) is 0 Å². The minimum atomic E-state index is 0.808. The van der Waals surface area contributed by atoms with E-state index in [0.717, 1.165) is 34.5 Å². The molecule has 102 valence electrons. The van der Waals surface area contributed by atoms with Gasteiger partial charge in [-0.15, -0.1) is 0 Å². The van der Waals surface area contributed by atoms with Crippen molar-refractivity contribution in [3.05, 3.63) is 72.4 Å². The fourth-order valence-corrected chi connectivity index (χ4v) is 2.57. The van der Waals surface area contributed by atoms with Crippen molar-refractivity contribution in [1.29, 1.82) is 0 Å². The number of rotatable bonds is 3. The number of nitrogens with one attached hydrogen (secondary N) is 2. The first-order valence-electron chi connectivity index (χ1n) is 6.90. The molecule has 21 heavy (non-hydrogen) atoms. The van der Waals surface area contributed by atoms with Gasteiger partial charge in [0.05, 0.1) is 11.9 Å². The van der Waals surface area contributed by atoms with Gasteiger partial charge in [0.15, 0.2) is 0 Å². The summed E-state index contributed by atoms with van der Waals surface area (Å²) in [6, 6.07) is 14.4. The monoisotopic (exact) mass is 274 g/mol. The summed E-state index contributed by atoms with van der Waals surface area (Å²) >= 11 is 0. The Kier molecular flexibility index (Phi) is 2.78. The van der Waals surface area contributed by atoms with Gasteiger partial charge >= 0.3 is 0 Å². The molecule has 0 bridgehead atoms. The van der Waals surface area contributed by atoms with Gasteiger partial charge < -0.3 is 9.97 Å². The van der Waals surface area contributed by atoms with Gasteiger partial charge in [0.2, 0.25) is 0 Å². The largest absolute Gasteiger partial charge is 0.346 e. The number of fused-ring (bicyclic) bond motifs is 1. The Bertz CT molecular complexity index is 874. The number of hydrogen-bond donors (Lipinski definition) is 2.